The number of halogens is 1. The second-order valence-corrected chi connectivity index (χ2v) is 6.33. The summed E-state index contributed by atoms with van der Waals surface area (Å²) in [5.41, 5.74) is 0.526. The number of rotatable bonds is 4. The van der Waals surface area contributed by atoms with Crippen LogP contribution in [-0.2, 0) is 16.0 Å². The molecule has 22 heavy (non-hydrogen) atoms. The molecule has 0 saturated carbocycles. The standard InChI is InChI=1S/C17H18FNO2S/c18-15-6-2-1-5-14(15)16-12-19(9-10-21-16)17(20)8-7-13-4-3-11-22-13/h1-6,11,16H,7-10,12H2. The van der Waals surface area contributed by atoms with Crippen LogP contribution in [0, 0.1) is 5.82 Å². The number of hydrogen-bond donors (Lipinski definition) is 0. The molecule has 0 aliphatic carbocycles. The summed E-state index contributed by atoms with van der Waals surface area (Å²) in [6.07, 6.45) is 0.878. The summed E-state index contributed by atoms with van der Waals surface area (Å²) in [6, 6.07) is 10.6. The van der Waals surface area contributed by atoms with Gasteiger partial charge < -0.3 is 9.64 Å². The number of morpholine rings is 1. The highest BCUT2D eigenvalue weighted by Gasteiger charge is 2.26. The normalized spacial score (nSPS) is 18.4. The first-order valence-electron chi connectivity index (χ1n) is 7.40. The van der Waals surface area contributed by atoms with Crippen LogP contribution in [0.4, 0.5) is 4.39 Å². The third-order valence-electron chi connectivity index (χ3n) is 3.84. The largest absolute Gasteiger partial charge is 0.370 e. The van der Waals surface area contributed by atoms with Gasteiger partial charge in [-0.05, 0) is 23.9 Å². The van der Waals surface area contributed by atoms with E-state index in [1.165, 1.54) is 10.9 Å². The van der Waals surface area contributed by atoms with E-state index < -0.39 is 0 Å². The summed E-state index contributed by atoms with van der Waals surface area (Å²) in [5, 5.41) is 2.02. The molecule has 5 heteroatoms. The van der Waals surface area contributed by atoms with Gasteiger partial charge in [0.15, 0.2) is 0 Å². The quantitative estimate of drug-likeness (QED) is 0.864. The van der Waals surface area contributed by atoms with Crippen molar-refractivity contribution in [3.63, 3.8) is 0 Å². The molecule has 1 atom stereocenters. The molecule has 0 N–H and O–H groups in total. The molecule has 1 aromatic carbocycles. The lowest BCUT2D eigenvalue weighted by Crippen LogP contribution is -2.42. The SMILES string of the molecule is O=C(CCc1cccs1)N1CCOC(c2ccccc2F)C1. The van der Waals surface area contributed by atoms with Gasteiger partial charge in [-0.3, -0.25) is 4.79 Å². The van der Waals surface area contributed by atoms with Crippen molar-refractivity contribution in [1.82, 2.24) is 4.90 Å². The third-order valence-corrected chi connectivity index (χ3v) is 4.77. The molecule has 1 saturated heterocycles. The fourth-order valence-corrected chi connectivity index (χ4v) is 3.35. The average Bonchev–Trinajstić information content (AvgIpc) is 3.06. The molecule has 3 rings (SSSR count). The van der Waals surface area contributed by atoms with E-state index in [1.807, 2.05) is 17.5 Å². The van der Waals surface area contributed by atoms with Gasteiger partial charge in [-0.1, -0.05) is 24.3 Å². The zero-order valence-electron chi connectivity index (χ0n) is 12.2. The smallest absolute Gasteiger partial charge is 0.223 e. The van der Waals surface area contributed by atoms with Gasteiger partial charge in [0.2, 0.25) is 5.91 Å². The molecule has 1 amide bonds. The van der Waals surface area contributed by atoms with Gasteiger partial charge in [-0.15, -0.1) is 11.3 Å². The molecule has 2 heterocycles. The van der Waals surface area contributed by atoms with E-state index in [1.54, 1.807) is 34.4 Å². The Morgan fingerprint density at radius 3 is 2.95 bits per heavy atom. The molecular weight excluding hydrogens is 301 g/mol. The highest BCUT2D eigenvalue weighted by Crippen LogP contribution is 2.25. The number of carbonyl (C=O) groups excluding carboxylic acids is 1. The maximum atomic E-state index is 13.9. The van der Waals surface area contributed by atoms with Gasteiger partial charge in [0, 0.05) is 23.4 Å². The zero-order chi connectivity index (χ0) is 15.4. The van der Waals surface area contributed by atoms with Crippen LogP contribution in [0.25, 0.3) is 0 Å². The van der Waals surface area contributed by atoms with Gasteiger partial charge in [0.25, 0.3) is 0 Å². The first kappa shape index (κ1) is 15.2. The van der Waals surface area contributed by atoms with Crippen molar-refractivity contribution in [2.75, 3.05) is 19.7 Å². The Hall–Kier alpha value is -1.72. The molecule has 1 aromatic heterocycles. The molecule has 1 fully saturated rings. The fourth-order valence-electron chi connectivity index (χ4n) is 2.64. The van der Waals surface area contributed by atoms with Crippen LogP contribution >= 0.6 is 11.3 Å². The Labute approximate surface area is 133 Å². The molecule has 1 aliphatic heterocycles. The Kier molecular flexibility index (Phi) is 4.85. The van der Waals surface area contributed by atoms with Gasteiger partial charge in [0.1, 0.15) is 11.9 Å². The van der Waals surface area contributed by atoms with E-state index in [2.05, 4.69) is 0 Å². The highest BCUT2D eigenvalue weighted by atomic mass is 32.1. The first-order valence-corrected chi connectivity index (χ1v) is 8.28. The minimum Gasteiger partial charge on any atom is -0.370 e. The Morgan fingerprint density at radius 1 is 1.32 bits per heavy atom. The van der Waals surface area contributed by atoms with E-state index in [4.69, 9.17) is 4.74 Å². The van der Waals surface area contributed by atoms with Crippen LogP contribution in [0.5, 0.6) is 0 Å². The number of aryl methyl sites for hydroxylation is 1. The van der Waals surface area contributed by atoms with Crippen molar-refractivity contribution in [2.24, 2.45) is 0 Å². The van der Waals surface area contributed by atoms with Crippen molar-refractivity contribution in [3.8, 4) is 0 Å². The van der Waals surface area contributed by atoms with Crippen LogP contribution in [0.1, 0.15) is 23.0 Å². The van der Waals surface area contributed by atoms with E-state index in [0.29, 0.717) is 31.7 Å². The lowest BCUT2D eigenvalue weighted by molar-refractivity contribution is -0.139. The van der Waals surface area contributed by atoms with Gasteiger partial charge >= 0.3 is 0 Å². The predicted octanol–water partition coefficient (Wildman–Crippen LogP) is 3.42. The molecule has 0 bridgehead atoms. The Bertz CT molecular complexity index is 629. The molecule has 0 radical (unpaired) electrons. The summed E-state index contributed by atoms with van der Waals surface area (Å²) < 4.78 is 19.5. The molecular formula is C17H18FNO2S. The lowest BCUT2D eigenvalue weighted by atomic mass is 10.1. The second-order valence-electron chi connectivity index (χ2n) is 5.30. The number of ether oxygens (including phenoxy) is 1. The minimum absolute atomic E-state index is 0.109. The van der Waals surface area contributed by atoms with Gasteiger partial charge in [-0.25, -0.2) is 4.39 Å². The molecule has 1 unspecified atom stereocenters. The molecule has 1 aliphatic rings. The number of nitrogens with zero attached hydrogens (tertiary/aromatic N) is 1. The van der Waals surface area contributed by atoms with Crippen molar-refractivity contribution in [1.29, 1.82) is 0 Å². The van der Waals surface area contributed by atoms with Crippen molar-refractivity contribution < 1.29 is 13.9 Å². The summed E-state index contributed by atoms with van der Waals surface area (Å²) >= 11 is 1.67. The summed E-state index contributed by atoms with van der Waals surface area (Å²) in [4.78, 5) is 15.3. The summed E-state index contributed by atoms with van der Waals surface area (Å²) in [5.74, 6) is -0.168. The fraction of sp³-hybridized carbons (Fsp3) is 0.353. The summed E-state index contributed by atoms with van der Waals surface area (Å²) in [7, 11) is 0. The zero-order valence-corrected chi connectivity index (χ0v) is 13.0. The summed E-state index contributed by atoms with van der Waals surface area (Å²) in [6.45, 7) is 1.45. The number of hydrogen-bond acceptors (Lipinski definition) is 3. The van der Waals surface area contributed by atoms with E-state index in [9.17, 15) is 9.18 Å². The monoisotopic (exact) mass is 319 g/mol. The molecule has 3 nitrogen and oxygen atoms in total. The number of thiophene rings is 1. The highest BCUT2D eigenvalue weighted by molar-refractivity contribution is 7.09. The van der Waals surface area contributed by atoms with Crippen LogP contribution in [0.3, 0.4) is 0 Å². The van der Waals surface area contributed by atoms with Crippen LogP contribution < -0.4 is 0 Å². The Morgan fingerprint density at radius 2 is 2.18 bits per heavy atom. The van der Waals surface area contributed by atoms with Crippen LogP contribution in [0.15, 0.2) is 41.8 Å². The average molecular weight is 319 g/mol. The maximum absolute atomic E-state index is 13.9. The van der Waals surface area contributed by atoms with Crippen LogP contribution in [-0.4, -0.2) is 30.5 Å². The van der Waals surface area contributed by atoms with Crippen molar-refractivity contribution in [2.45, 2.75) is 18.9 Å². The minimum atomic E-state index is -0.374. The second kappa shape index (κ2) is 7.03. The maximum Gasteiger partial charge on any atom is 0.223 e. The molecule has 2 aromatic rings. The van der Waals surface area contributed by atoms with Crippen molar-refractivity contribution >= 4 is 17.2 Å². The van der Waals surface area contributed by atoms with E-state index in [-0.39, 0.29) is 17.8 Å². The Balaban J connectivity index is 1.60. The molecule has 0 spiro atoms. The first-order chi connectivity index (χ1) is 10.7. The molecule has 116 valence electrons. The third kappa shape index (κ3) is 3.54. The lowest BCUT2D eigenvalue weighted by Gasteiger charge is -2.33. The topological polar surface area (TPSA) is 29.5 Å². The van der Waals surface area contributed by atoms with Gasteiger partial charge in [-0.2, -0.15) is 0 Å². The predicted molar refractivity (Wildman–Crippen MR) is 84.3 cm³/mol. The number of amides is 1. The van der Waals surface area contributed by atoms with Gasteiger partial charge in [0.05, 0.1) is 13.2 Å². The van der Waals surface area contributed by atoms with Crippen LogP contribution in [0.2, 0.25) is 0 Å². The van der Waals surface area contributed by atoms with E-state index in [0.717, 1.165) is 6.42 Å². The van der Waals surface area contributed by atoms with E-state index >= 15 is 0 Å². The number of carbonyl (C=O) groups is 1. The number of benzene rings is 1. The van der Waals surface area contributed by atoms with Crippen molar-refractivity contribution in [3.05, 3.63) is 58.0 Å².